The van der Waals surface area contributed by atoms with Crippen molar-refractivity contribution in [2.45, 2.75) is 36.8 Å². The van der Waals surface area contributed by atoms with Crippen LogP contribution in [0.25, 0.3) is 0 Å². The zero-order chi connectivity index (χ0) is 15.0. The van der Waals surface area contributed by atoms with Crippen molar-refractivity contribution in [2.24, 2.45) is 0 Å². The van der Waals surface area contributed by atoms with Crippen molar-refractivity contribution in [1.29, 1.82) is 0 Å². The maximum absolute atomic E-state index is 12.7. The summed E-state index contributed by atoms with van der Waals surface area (Å²) in [7, 11) is -3.44. The predicted molar refractivity (Wildman–Crippen MR) is 76.6 cm³/mol. The molecule has 0 spiro atoms. The van der Waals surface area contributed by atoms with Crippen LogP contribution in [0.15, 0.2) is 15.1 Å². The van der Waals surface area contributed by atoms with Crippen LogP contribution in [-0.4, -0.2) is 40.9 Å². The second-order valence-corrected chi connectivity index (χ2v) is 8.41. The quantitative estimate of drug-likeness (QED) is 0.852. The fraction of sp³-hybridized carbons (Fsp3) is 0.583. The molecule has 0 bridgehead atoms. The average Bonchev–Trinajstić information content (AvgIpc) is 3.09. The topological polar surface area (TPSA) is 89.2 Å². The lowest BCUT2D eigenvalue weighted by atomic mass is 9.98. The van der Waals surface area contributed by atoms with Crippen molar-refractivity contribution in [2.75, 3.05) is 13.1 Å². The number of rotatable bonds is 3. The third kappa shape index (κ3) is 2.72. The highest BCUT2D eigenvalue weighted by molar-refractivity contribution is 7.91. The molecule has 0 amide bonds. The van der Waals surface area contributed by atoms with Gasteiger partial charge in [-0.25, -0.2) is 13.4 Å². The van der Waals surface area contributed by atoms with Gasteiger partial charge in [0.05, 0.1) is 10.7 Å². The van der Waals surface area contributed by atoms with Crippen molar-refractivity contribution >= 4 is 21.4 Å². The molecule has 21 heavy (non-hydrogen) atoms. The van der Waals surface area contributed by atoms with E-state index in [1.807, 2.05) is 6.92 Å². The fourth-order valence-corrected chi connectivity index (χ4v) is 5.67. The zero-order valence-corrected chi connectivity index (χ0v) is 13.4. The van der Waals surface area contributed by atoms with Crippen molar-refractivity contribution in [3.63, 3.8) is 0 Å². The summed E-state index contributed by atoms with van der Waals surface area (Å²) in [6.45, 7) is 4.50. The monoisotopic (exact) mass is 328 g/mol. The number of nitrogens with zero attached hydrogens (tertiary/aromatic N) is 4. The first-order valence-electron chi connectivity index (χ1n) is 6.69. The molecule has 1 fully saturated rings. The Bertz CT molecular complexity index is 716. The number of aromatic nitrogens is 3. The third-order valence-corrected chi connectivity index (χ3v) is 7.19. The molecule has 114 valence electrons. The summed E-state index contributed by atoms with van der Waals surface area (Å²) < 4.78 is 32.0. The van der Waals surface area contributed by atoms with Gasteiger partial charge in [0.15, 0.2) is 10.0 Å². The molecule has 0 unspecified atom stereocenters. The van der Waals surface area contributed by atoms with E-state index in [0.29, 0.717) is 41.7 Å². The van der Waals surface area contributed by atoms with Crippen LogP contribution in [0.3, 0.4) is 0 Å². The summed E-state index contributed by atoms with van der Waals surface area (Å²) in [5.74, 6) is 0.830. The molecule has 3 heterocycles. The maximum atomic E-state index is 12.7. The zero-order valence-electron chi connectivity index (χ0n) is 11.8. The number of thiazole rings is 1. The minimum atomic E-state index is -3.44. The number of hydrogen-bond acceptors (Lipinski definition) is 7. The lowest BCUT2D eigenvalue weighted by molar-refractivity contribution is 0.307. The van der Waals surface area contributed by atoms with Crippen LogP contribution in [-0.2, 0) is 10.0 Å². The Kier molecular flexibility index (Phi) is 3.80. The number of aryl methyl sites for hydroxylation is 2. The molecule has 0 atom stereocenters. The number of sulfonamides is 1. The summed E-state index contributed by atoms with van der Waals surface area (Å²) in [5.41, 5.74) is 0.581. The summed E-state index contributed by atoms with van der Waals surface area (Å²) in [5, 5.41) is 4.61. The van der Waals surface area contributed by atoms with Gasteiger partial charge in [-0.05, 0) is 26.7 Å². The Hall–Kier alpha value is -1.32. The highest BCUT2D eigenvalue weighted by atomic mass is 32.2. The van der Waals surface area contributed by atoms with Gasteiger partial charge in [-0.1, -0.05) is 5.16 Å². The molecule has 0 aromatic carbocycles. The van der Waals surface area contributed by atoms with Crippen LogP contribution in [0.2, 0.25) is 0 Å². The van der Waals surface area contributed by atoms with Crippen LogP contribution < -0.4 is 0 Å². The first-order chi connectivity index (χ1) is 9.98. The smallest absolute Gasteiger partial charge is 0.254 e. The van der Waals surface area contributed by atoms with E-state index < -0.39 is 10.0 Å². The molecule has 2 aromatic heterocycles. The average molecular weight is 328 g/mol. The molecule has 9 heteroatoms. The Balaban J connectivity index is 1.76. The van der Waals surface area contributed by atoms with E-state index in [9.17, 15) is 8.42 Å². The van der Waals surface area contributed by atoms with E-state index in [4.69, 9.17) is 4.52 Å². The van der Waals surface area contributed by atoms with E-state index in [2.05, 4.69) is 15.1 Å². The van der Waals surface area contributed by atoms with Gasteiger partial charge >= 0.3 is 0 Å². The van der Waals surface area contributed by atoms with E-state index in [0.717, 1.165) is 5.01 Å². The second kappa shape index (κ2) is 5.47. The summed E-state index contributed by atoms with van der Waals surface area (Å²) in [4.78, 5) is 8.26. The lowest BCUT2D eigenvalue weighted by Crippen LogP contribution is -2.38. The highest BCUT2D eigenvalue weighted by Crippen LogP contribution is 2.31. The van der Waals surface area contributed by atoms with Gasteiger partial charge < -0.3 is 4.52 Å². The van der Waals surface area contributed by atoms with Gasteiger partial charge in [0.1, 0.15) is 0 Å². The third-order valence-electron chi connectivity index (χ3n) is 3.63. The molecule has 7 nitrogen and oxygen atoms in total. The van der Waals surface area contributed by atoms with Crippen LogP contribution >= 0.6 is 11.3 Å². The Morgan fingerprint density at radius 3 is 2.57 bits per heavy atom. The molecular formula is C12H16N4O3S2. The Morgan fingerprint density at radius 1 is 1.33 bits per heavy atom. The second-order valence-electron chi connectivity index (χ2n) is 5.07. The largest absolute Gasteiger partial charge is 0.343 e. The molecule has 0 aliphatic carbocycles. The molecule has 1 aliphatic rings. The SMILES string of the molecule is Cc1nc(C)c(S(=O)(=O)N2CCC(c3ncon3)CC2)s1. The van der Waals surface area contributed by atoms with E-state index >= 15 is 0 Å². The first kappa shape index (κ1) is 14.6. The van der Waals surface area contributed by atoms with Gasteiger partial charge in [0, 0.05) is 19.0 Å². The standard InChI is InChI=1S/C12H16N4O3S2/c1-8-12(20-9(2)14-8)21(17,18)16-5-3-10(4-6-16)11-13-7-19-15-11/h7,10H,3-6H2,1-2H3. The van der Waals surface area contributed by atoms with Crippen LogP contribution in [0.5, 0.6) is 0 Å². The first-order valence-corrected chi connectivity index (χ1v) is 8.94. The number of hydrogen-bond donors (Lipinski definition) is 0. The molecule has 0 N–H and O–H groups in total. The minimum Gasteiger partial charge on any atom is -0.343 e. The van der Waals surface area contributed by atoms with Gasteiger partial charge in [0.25, 0.3) is 10.0 Å². The van der Waals surface area contributed by atoms with Crippen molar-refractivity contribution in [1.82, 2.24) is 19.4 Å². The minimum absolute atomic E-state index is 0.166. The fourth-order valence-electron chi connectivity index (χ4n) is 2.58. The molecule has 1 saturated heterocycles. The lowest BCUT2D eigenvalue weighted by Gasteiger charge is -2.29. The van der Waals surface area contributed by atoms with Crippen molar-refractivity contribution < 1.29 is 12.9 Å². The van der Waals surface area contributed by atoms with Gasteiger partial charge in [0.2, 0.25) is 6.39 Å². The van der Waals surface area contributed by atoms with Crippen molar-refractivity contribution in [3.8, 4) is 0 Å². The maximum Gasteiger partial charge on any atom is 0.254 e. The van der Waals surface area contributed by atoms with Crippen LogP contribution in [0.1, 0.15) is 35.3 Å². The Labute approximate surface area is 127 Å². The van der Waals surface area contributed by atoms with Gasteiger partial charge in [-0.3, -0.25) is 0 Å². The number of piperidine rings is 1. The van der Waals surface area contributed by atoms with E-state index in [-0.39, 0.29) is 5.92 Å². The van der Waals surface area contributed by atoms with Crippen LogP contribution in [0.4, 0.5) is 0 Å². The van der Waals surface area contributed by atoms with Crippen molar-refractivity contribution in [3.05, 3.63) is 22.9 Å². The molecule has 3 rings (SSSR count). The normalized spacial score (nSPS) is 18.2. The summed E-state index contributed by atoms with van der Waals surface area (Å²) >= 11 is 1.23. The highest BCUT2D eigenvalue weighted by Gasteiger charge is 2.33. The molecule has 1 aliphatic heterocycles. The predicted octanol–water partition coefficient (Wildman–Crippen LogP) is 1.71. The Morgan fingerprint density at radius 2 is 2.05 bits per heavy atom. The molecule has 0 saturated carbocycles. The summed E-state index contributed by atoms with van der Waals surface area (Å²) in [6, 6.07) is 0. The molecule has 0 radical (unpaired) electrons. The van der Waals surface area contributed by atoms with E-state index in [1.54, 1.807) is 6.92 Å². The van der Waals surface area contributed by atoms with E-state index in [1.165, 1.54) is 22.0 Å². The van der Waals surface area contributed by atoms with Gasteiger partial charge in [-0.2, -0.15) is 9.29 Å². The van der Waals surface area contributed by atoms with Gasteiger partial charge in [-0.15, -0.1) is 11.3 Å². The van der Waals surface area contributed by atoms with Crippen LogP contribution in [0, 0.1) is 13.8 Å². The molecular weight excluding hydrogens is 312 g/mol. The summed E-state index contributed by atoms with van der Waals surface area (Å²) in [6.07, 6.45) is 2.72. The molecule has 2 aromatic rings.